The summed E-state index contributed by atoms with van der Waals surface area (Å²) in [5, 5.41) is 13.8. The number of anilines is 1. The van der Waals surface area contributed by atoms with Crippen molar-refractivity contribution in [3.63, 3.8) is 0 Å². The van der Waals surface area contributed by atoms with Crippen LogP contribution in [0.15, 0.2) is 36.4 Å². The van der Waals surface area contributed by atoms with Crippen LogP contribution >= 0.6 is 0 Å². The first-order chi connectivity index (χ1) is 15.4. The Morgan fingerprint density at radius 3 is 2.44 bits per heavy atom. The maximum Gasteiger partial charge on any atom is 0.341 e. The predicted molar refractivity (Wildman–Crippen MR) is 116 cm³/mol. The number of esters is 1. The Morgan fingerprint density at radius 1 is 1.06 bits per heavy atom. The van der Waals surface area contributed by atoms with Gasteiger partial charge in [-0.3, -0.25) is 14.9 Å². The molecule has 10 heteroatoms. The normalized spacial score (nSPS) is 12.9. The van der Waals surface area contributed by atoms with E-state index in [1.54, 1.807) is 24.3 Å². The number of hydrogen-bond donors (Lipinski definition) is 1. The van der Waals surface area contributed by atoms with Crippen LogP contribution in [0.2, 0.25) is 0 Å². The van der Waals surface area contributed by atoms with Crippen LogP contribution in [0.5, 0.6) is 11.5 Å². The standard InChI is InChI=1S/C22H25N3O7/c1-30-19-8-5-15(11-20(19)31-2)13-23-21(26)14-32-22(27)17-12-16(25(28)29)6-7-18(17)24-9-3-4-10-24/h5-8,11-12H,3-4,9-10,13-14H2,1-2H3,(H,23,26). The number of nitro benzene ring substituents is 1. The molecule has 1 N–H and O–H groups in total. The van der Waals surface area contributed by atoms with E-state index in [2.05, 4.69) is 5.32 Å². The molecular weight excluding hydrogens is 418 g/mol. The number of ether oxygens (including phenoxy) is 3. The van der Waals surface area contributed by atoms with E-state index in [0.29, 0.717) is 17.2 Å². The summed E-state index contributed by atoms with van der Waals surface area (Å²) in [4.78, 5) is 37.4. The first-order valence-electron chi connectivity index (χ1n) is 10.1. The molecule has 0 atom stereocenters. The highest BCUT2D eigenvalue weighted by Crippen LogP contribution is 2.29. The second-order valence-corrected chi connectivity index (χ2v) is 7.19. The highest BCUT2D eigenvalue weighted by molar-refractivity contribution is 5.97. The topological polar surface area (TPSA) is 120 Å². The van der Waals surface area contributed by atoms with Crippen LogP contribution in [-0.2, 0) is 16.1 Å². The van der Waals surface area contributed by atoms with Crippen molar-refractivity contribution < 1.29 is 28.7 Å². The lowest BCUT2D eigenvalue weighted by Gasteiger charge is -2.20. The molecule has 2 aromatic carbocycles. The van der Waals surface area contributed by atoms with Crippen LogP contribution in [0.4, 0.5) is 11.4 Å². The summed E-state index contributed by atoms with van der Waals surface area (Å²) in [6.07, 6.45) is 1.95. The fraction of sp³-hybridized carbons (Fsp3) is 0.364. The van der Waals surface area contributed by atoms with Gasteiger partial charge in [-0.2, -0.15) is 0 Å². The molecule has 0 aliphatic carbocycles. The third kappa shape index (κ3) is 5.45. The average Bonchev–Trinajstić information content (AvgIpc) is 3.35. The second kappa shape index (κ2) is 10.5. The molecule has 1 aliphatic rings. The van der Waals surface area contributed by atoms with Crippen molar-refractivity contribution in [2.24, 2.45) is 0 Å². The van der Waals surface area contributed by atoms with Gasteiger partial charge < -0.3 is 24.4 Å². The van der Waals surface area contributed by atoms with Gasteiger partial charge in [-0.1, -0.05) is 6.07 Å². The van der Waals surface area contributed by atoms with Gasteiger partial charge >= 0.3 is 5.97 Å². The minimum Gasteiger partial charge on any atom is -0.493 e. The molecule has 0 saturated carbocycles. The summed E-state index contributed by atoms with van der Waals surface area (Å²) in [6.45, 7) is 1.20. The molecule has 2 aromatic rings. The third-order valence-electron chi connectivity index (χ3n) is 5.13. The van der Waals surface area contributed by atoms with Gasteiger partial charge in [0.2, 0.25) is 0 Å². The lowest BCUT2D eigenvalue weighted by atomic mass is 10.1. The quantitative estimate of drug-likeness (QED) is 0.357. The van der Waals surface area contributed by atoms with E-state index in [-0.39, 0.29) is 17.8 Å². The molecule has 10 nitrogen and oxygen atoms in total. The van der Waals surface area contributed by atoms with Crippen molar-refractivity contribution >= 4 is 23.3 Å². The summed E-state index contributed by atoms with van der Waals surface area (Å²) < 4.78 is 15.6. The van der Waals surface area contributed by atoms with E-state index >= 15 is 0 Å². The number of amides is 1. The second-order valence-electron chi connectivity index (χ2n) is 7.19. The highest BCUT2D eigenvalue weighted by Gasteiger charge is 2.24. The molecule has 1 aliphatic heterocycles. The van der Waals surface area contributed by atoms with Crippen LogP contribution in [0.25, 0.3) is 0 Å². The highest BCUT2D eigenvalue weighted by atomic mass is 16.6. The molecular formula is C22H25N3O7. The van der Waals surface area contributed by atoms with E-state index in [9.17, 15) is 19.7 Å². The van der Waals surface area contributed by atoms with Crippen molar-refractivity contribution in [3.05, 3.63) is 57.6 Å². The molecule has 3 rings (SSSR count). The van der Waals surface area contributed by atoms with Crippen LogP contribution in [0.1, 0.15) is 28.8 Å². The maximum absolute atomic E-state index is 12.6. The van der Waals surface area contributed by atoms with Crippen molar-refractivity contribution in [1.82, 2.24) is 5.32 Å². The van der Waals surface area contributed by atoms with Gasteiger partial charge in [-0.05, 0) is 36.6 Å². The van der Waals surface area contributed by atoms with Gasteiger partial charge in [-0.25, -0.2) is 4.79 Å². The smallest absolute Gasteiger partial charge is 0.341 e. The third-order valence-corrected chi connectivity index (χ3v) is 5.13. The summed E-state index contributed by atoms with van der Waals surface area (Å²) >= 11 is 0. The van der Waals surface area contributed by atoms with Crippen LogP contribution in [0, 0.1) is 10.1 Å². The summed E-state index contributed by atoms with van der Waals surface area (Å²) in [5.74, 6) is -0.175. The molecule has 0 aromatic heterocycles. The summed E-state index contributed by atoms with van der Waals surface area (Å²) in [5.41, 5.74) is 1.22. The van der Waals surface area contributed by atoms with Crippen molar-refractivity contribution in [2.75, 3.05) is 38.8 Å². The Balaban J connectivity index is 1.62. The van der Waals surface area contributed by atoms with E-state index in [1.807, 2.05) is 4.90 Å². The van der Waals surface area contributed by atoms with Crippen LogP contribution < -0.4 is 19.7 Å². The minimum absolute atomic E-state index is 0.0776. The Labute approximate surface area is 185 Å². The zero-order valence-corrected chi connectivity index (χ0v) is 18.0. The van der Waals surface area contributed by atoms with Gasteiger partial charge in [-0.15, -0.1) is 0 Å². The monoisotopic (exact) mass is 443 g/mol. The summed E-state index contributed by atoms with van der Waals surface area (Å²) in [7, 11) is 3.05. The molecule has 1 heterocycles. The fourth-order valence-electron chi connectivity index (χ4n) is 3.49. The van der Waals surface area contributed by atoms with Gasteiger partial charge in [0.15, 0.2) is 18.1 Å². The number of nitro groups is 1. The van der Waals surface area contributed by atoms with Gasteiger partial charge in [0.05, 0.1) is 30.4 Å². The van der Waals surface area contributed by atoms with Gasteiger partial charge in [0, 0.05) is 31.8 Å². The Kier molecular flexibility index (Phi) is 7.48. The number of non-ortho nitro benzene ring substituents is 1. The number of carbonyl (C=O) groups excluding carboxylic acids is 2. The molecule has 1 amide bonds. The van der Waals surface area contributed by atoms with Crippen LogP contribution in [-0.4, -0.2) is 50.7 Å². The number of rotatable bonds is 9. The molecule has 0 unspecified atom stereocenters. The van der Waals surface area contributed by atoms with Gasteiger partial charge in [0.1, 0.15) is 0 Å². The van der Waals surface area contributed by atoms with Crippen LogP contribution in [0.3, 0.4) is 0 Å². The van der Waals surface area contributed by atoms with Gasteiger partial charge in [0.25, 0.3) is 11.6 Å². The Morgan fingerprint density at radius 2 is 1.78 bits per heavy atom. The minimum atomic E-state index is -0.781. The number of nitrogens with one attached hydrogen (secondary N) is 1. The molecule has 32 heavy (non-hydrogen) atoms. The molecule has 1 fully saturated rings. The first-order valence-corrected chi connectivity index (χ1v) is 10.1. The SMILES string of the molecule is COc1ccc(CNC(=O)COC(=O)c2cc([N+](=O)[O-])ccc2N2CCCC2)cc1OC. The molecule has 0 spiro atoms. The lowest BCUT2D eigenvalue weighted by Crippen LogP contribution is -2.29. The number of benzene rings is 2. The zero-order valence-electron chi connectivity index (χ0n) is 18.0. The van der Waals surface area contributed by atoms with E-state index in [4.69, 9.17) is 14.2 Å². The summed E-state index contributed by atoms with van der Waals surface area (Å²) in [6, 6.07) is 9.34. The largest absolute Gasteiger partial charge is 0.493 e. The molecule has 1 saturated heterocycles. The van der Waals surface area contributed by atoms with E-state index in [1.165, 1.54) is 26.4 Å². The number of methoxy groups -OCH3 is 2. The number of nitrogens with zero attached hydrogens (tertiary/aromatic N) is 2. The maximum atomic E-state index is 12.6. The fourth-order valence-corrected chi connectivity index (χ4v) is 3.49. The molecule has 0 bridgehead atoms. The van der Waals surface area contributed by atoms with Crippen molar-refractivity contribution in [1.29, 1.82) is 0 Å². The van der Waals surface area contributed by atoms with Crippen molar-refractivity contribution in [3.8, 4) is 11.5 Å². The molecule has 0 radical (unpaired) electrons. The van der Waals surface area contributed by atoms with E-state index in [0.717, 1.165) is 31.5 Å². The average molecular weight is 443 g/mol. The van der Waals surface area contributed by atoms with Crippen molar-refractivity contribution in [2.45, 2.75) is 19.4 Å². The number of carbonyl (C=O) groups is 2. The predicted octanol–water partition coefficient (Wildman–Crippen LogP) is 2.69. The van der Waals surface area contributed by atoms with E-state index < -0.39 is 23.4 Å². The Bertz CT molecular complexity index is 1000. The Hall–Kier alpha value is -3.82. The first kappa shape index (κ1) is 22.9. The molecule has 170 valence electrons. The lowest BCUT2D eigenvalue weighted by molar-refractivity contribution is -0.384. The number of hydrogen-bond acceptors (Lipinski definition) is 8. The zero-order chi connectivity index (χ0) is 23.1.